The molecule has 1 fully saturated rings. The van der Waals surface area contributed by atoms with Gasteiger partial charge >= 0.3 is 6.01 Å². The van der Waals surface area contributed by atoms with Crippen molar-refractivity contribution in [1.82, 2.24) is 15.0 Å². The van der Waals surface area contributed by atoms with E-state index in [1.165, 1.54) is 12.8 Å². The summed E-state index contributed by atoms with van der Waals surface area (Å²) in [5.41, 5.74) is 0. The van der Waals surface area contributed by atoms with Gasteiger partial charge in [-0.15, -0.1) is 0 Å². The van der Waals surface area contributed by atoms with E-state index in [9.17, 15) is 0 Å². The Labute approximate surface area is 127 Å². The standard InChI is InChI=1S/C15H27N5O/c1-6-16-13-17-14(19-15(18-13)21-11(4)5)20-9-7-8-12(20)10(2)3/h10-12H,6-9H2,1-5H3,(H,16,17,18,19). The molecule has 1 unspecified atom stereocenters. The second-order valence-corrected chi connectivity index (χ2v) is 6.09. The molecule has 0 spiro atoms. The summed E-state index contributed by atoms with van der Waals surface area (Å²) in [4.78, 5) is 15.7. The van der Waals surface area contributed by atoms with Gasteiger partial charge in [0.15, 0.2) is 0 Å². The Kier molecular flexibility index (Phi) is 5.20. The van der Waals surface area contributed by atoms with E-state index in [4.69, 9.17) is 4.74 Å². The first kappa shape index (κ1) is 15.8. The van der Waals surface area contributed by atoms with Gasteiger partial charge < -0.3 is 15.0 Å². The smallest absolute Gasteiger partial charge is 0.323 e. The van der Waals surface area contributed by atoms with Crippen molar-refractivity contribution in [2.24, 2.45) is 5.92 Å². The molecule has 0 aromatic carbocycles. The fourth-order valence-corrected chi connectivity index (χ4v) is 2.71. The zero-order chi connectivity index (χ0) is 15.4. The summed E-state index contributed by atoms with van der Waals surface area (Å²) in [6.07, 6.45) is 2.43. The molecule has 6 nitrogen and oxygen atoms in total. The Morgan fingerprint density at radius 1 is 1.24 bits per heavy atom. The molecule has 0 aliphatic carbocycles. The summed E-state index contributed by atoms with van der Waals surface area (Å²) in [7, 11) is 0. The van der Waals surface area contributed by atoms with Crippen molar-refractivity contribution < 1.29 is 4.74 Å². The lowest BCUT2D eigenvalue weighted by Gasteiger charge is -2.28. The highest BCUT2D eigenvalue weighted by Gasteiger charge is 2.29. The zero-order valence-corrected chi connectivity index (χ0v) is 13.8. The number of hydrogen-bond acceptors (Lipinski definition) is 6. The van der Waals surface area contributed by atoms with Gasteiger partial charge in [0, 0.05) is 19.1 Å². The van der Waals surface area contributed by atoms with Crippen molar-refractivity contribution >= 4 is 11.9 Å². The van der Waals surface area contributed by atoms with Crippen molar-refractivity contribution in [2.45, 2.75) is 59.6 Å². The maximum Gasteiger partial charge on any atom is 0.323 e. The van der Waals surface area contributed by atoms with E-state index in [0.29, 0.717) is 23.9 Å². The minimum absolute atomic E-state index is 0.0502. The monoisotopic (exact) mass is 293 g/mol. The van der Waals surface area contributed by atoms with E-state index in [2.05, 4.69) is 39.0 Å². The van der Waals surface area contributed by atoms with Gasteiger partial charge in [-0.2, -0.15) is 15.0 Å². The van der Waals surface area contributed by atoms with E-state index in [1.807, 2.05) is 20.8 Å². The lowest BCUT2D eigenvalue weighted by Crippen LogP contribution is -2.35. The third-order valence-electron chi connectivity index (χ3n) is 3.60. The van der Waals surface area contributed by atoms with Gasteiger partial charge in [-0.3, -0.25) is 0 Å². The fraction of sp³-hybridized carbons (Fsp3) is 0.800. The van der Waals surface area contributed by atoms with Crippen LogP contribution in [0.5, 0.6) is 6.01 Å². The lowest BCUT2D eigenvalue weighted by atomic mass is 10.0. The topological polar surface area (TPSA) is 63.2 Å². The molecule has 0 radical (unpaired) electrons. The van der Waals surface area contributed by atoms with Crippen LogP contribution < -0.4 is 15.0 Å². The summed E-state index contributed by atoms with van der Waals surface area (Å²) >= 11 is 0. The van der Waals surface area contributed by atoms with Gasteiger partial charge in [0.2, 0.25) is 11.9 Å². The van der Waals surface area contributed by atoms with Crippen LogP contribution in [0.3, 0.4) is 0 Å². The second-order valence-electron chi connectivity index (χ2n) is 6.09. The van der Waals surface area contributed by atoms with Crippen LogP contribution in [-0.4, -0.2) is 40.2 Å². The van der Waals surface area contributed by atoms with Gasteiger partial charge in [0.25, 0.3) is 0 Å². The number of nitrogens with one attached hydrogen (secondary N) is 1. The average molecular weight is 293 g/mol. The molecule has 1 saturated heterocycles. The molecular weight excluding hydrogens is 266 g/mol. The molecule has 21 heavy (non-hydrogen) atoms. The molecule has 6 heteroatoms. The van der Waals surface area contributed by atoms with E-state index in [-0.39, 0.29) is 6.10 Å². The maximum absolute atomic E-state index is 5.67. The molecule has 0 saturated carbocycles. The molecule has 1 aliphatic rings. The van der Waals surface area contributed by atoms with E-state index in [1.54, 1.807) is 0 Å². The molecule has 0 amide bonds. The van der Waals surface area contributed by atoms with Crippen molar-refractivity contribution in [3.05, 3.63) is 0 Å². The first-order chi connectivity index (χ1) is 10.0. The summed E-state index contributed by atoms with van der Waals surface area (Å²) in [5.74, 6) is 1.90. The summed E-state index contributed by atoms with van der Waals surface area (Å²) < 4.78 is 5.67. The van der Waals surface area contributed by atoms with Gasteiger partial charge in [0.05, 0.1) is 6.10 Å². The number of ether oxygens (including phenoxy) is 1. The highest BCUT2D eigenvalue weighted by Crippen LogP contribution is 2.28. The van der Waals surface area contributed by atoms with E-state index in [0.717, 1.165) is 19.0 Å². The van der Waals surface area contributed by atoms with Crippen LogP contribution >= 0.6 is 0 Å². The third kappa shape index (κ3) is 3.95. The Morgan fingerprint density at radius 3 is 2.62 bits per heavy atom. The quantitative estimate of drug-likeness (QED) is 0.870. The summed E-state index contributed by atoms with van der Waals surface area (Å²) in [5, 5.41) is 3.16. The molecule has 2 heterocycles. The Morgan fingerprint density at radius 2 is 2.00 bits per heavy atom. The highest BCUT2D eigenvalue weighted by atomic mass is 16.5. The summed E-state index contributed by atoms with van der Waals surface area (Å²) in [6, 6.07) is 0.897. The highest BCUT2D eigenvalue weighted by molar-refractivity contribution is 5.40. The van der Waals surface area contributed by atoms with Gasteiger partial charge in [-0.1, -0.05) is 13.8 Å². The summed E-state index contributed by atoms with van der Waals surface area (Å²) in [6.45, 7) is 12.3. The Balaban J connectivity index is 2.30. The zero-order valence-electron chi connectivity index (χ0n) is 13.8. The molecule has 1 aromatic rings. The molecule has 0 bridgehead atoms. The predicted molar refractivity (Wildman–Crippen MR) is 85.0 cm³/mol. The normalized spacial score (nSPS) is 18.6. The van der Waals surface area contributed by atoms with Gasteiger partial charge in [0.1, 0.15) is 0 Å². The number of hydrogen-bond donors (Lipinski definition) is 1. The van der Waals surface area contributed by atoms with Crippen molar-refractivity contribution in [3.8, 4) is 6.01 Å². The molecule has 118 valence electrons. The lowest BCUT2D eigenvalue weighted by molar-refractivity contribution is 0.222. The molecular formula is C15H27N5O. The molecule has 1 atom stereocenters. The van der Waals surface area contributed by atoms with Crippen LogP contribution in [0.1, 0.15) is 47.5 Å². The second kappa shape index (κ2) is 6.91. The van der Waals surface area contributed by atoms with Crippen LogP contribution in [0.4, 0.5) is 11.9 Å². The molecule has 1 aliphatic heterocycles. The minimum Gasteiger partial charge on any atom is -0.461 e. The van der Waals surface area contributed by atoms with Gasteiger partial charge in [-0.05, 0) is 39.5 Å². The number of aromatic nitrogens is 3. The Hall–Kier alpha value is -1.59. The van der Waals surface area contributed by atoms with Crippen molar-refractivity contribution in [2.75, 3.05) is 23.3 Å². The first-order valence-corrected chi connectivity index (χ1v) is 7.94. The fourth-order valence-electron chi connectivity index (χ4n) is 2.71. The SMILES string of the molecule is CCNc1nc(OC(C)C)nc(N2CCCC2C(C)C)n1. The number of anilines is 2. The first-order valence-electron chi connectivity index (χ1n) is 7.94. The third-order valence-corrected chi connectivity index (χ3v) is 3.60. The van der Waals surface area contributed by atoms with Crippen molar-refractivity contribution in [3.63, 3.8) is 0 Å². The number of rotatable bonds is 6. The van der Waals surface area contributed by atoms with E-state index >= 15 is 0 Å². The Bertz CT molecular complexity index is 463. The minimum atomic E-state index is 0.0502. The van der Waals surface area contributed by atoms with Crippen LogP contribution in [0, 0.1) is 5.92 Å². The van der Waals surface area contributed by atoms with Crippen molar-refractivity contribution in [1.29, 1.82) is 0 Å². The molecule has 2 rings (SSSR count). The number of nitrogens with zero attached hydrogens (tertiary/aromatic N) is 4. The average Bonchev–Trinajstić information content (AvgIpc) is 2.87. The van der Waals surface area contributed by atoms with E-state index < -0.39 is 0 Å². The maximum atomic E-state index is 5.67. The van der Waals surface area contributed by atoms with Crippen LogP contribution in [0.2, 0.25) is 0 Å². The molecule has 1 aromatic heterocycles. The van der Waals surface area contributed by atoms with Crippen LogP contribution in [-0.2, 0) is 0 Å². The largest absolute Gasteiger partial charge is 0.461 e. The molecule has 1 N–H and O–H groups in total. The van der Waals surface area contributed by atoms with Crippen LogP contribution in [0.15, 0.2) is 0 Å². The van der Waals surface area contributed by atoms with Gasteiger partial charge in [-0.25, -0.2) is 0 Å². The van der Waals surface area contributed by atoms with Crippen LogP contribution in [0.25, 0.3) is 0 Å². The predicted octanol–water partition coefficient (Wildman–Crippen LogP) is 2.72.